The van der Waals surface area contributed by atoms with Crippen LogP contribution in [0.15, 0.2) is 60.7 Å². The maximum Gasteiger partial charge on any atom is 0.163 e. The van der Waals surface area contributed by atoms with Gasteiger partial charge in [0.25, 0.3) is 0 Å². The quantitative estimate of drug-likeness (QED) is 0.301. The number of ether oxygens (including phenoxy) is 3. The first kappa shape index (κ1) is 24.1. The number of aromatic hydroxyl groups is 1. The Kier molecular flexibility index (Phi) is 7.73. The Labute approximate surface area is 204 Å². The fraction of sp³-hybridized carbons (Fsp3) is 0.296. The molecule has 4 rings (SSSR count). The standard InChI is InChI=1S/C27H28ClNO5/c1-17(30)22-11-12-23(25(28)26(22)31)33-16-18-6-4-7-19(14-18)27(20-8-5-9-21(29)15-20)34-24-10-2-3-13-32-24/h4-9,11-12,14-15,24,27,31H,2-3,10,13,16,29H2,1H3. The highest BCUT2D eigenvalue weighted by Crippen LogP contribution is 2.37. The van der Waals surface area contributed by atoms with Gasteiger partial charge in [0.05, 0.1) is 5.56 Å². The lowest BCUT2D eigenvalue weighted by Crippen LogP contribution is -2.25. The van der Waals surface area contributed by atoms with E-state index in [0.717, 1.165) is 36.0 Å². The molecule has 0 amide bonds. The summed E-state index contributed by atoms with van der Waals surface area (Å²) in [4.78, 5) is 11.6. The Morgan fingerprint density at radius 3 is 2.62 bits per heavy atom. The average molecular weight is 482 g/mol. The Morgan fingerprint density at radius 1 is 1.15 bits per heavy atom. The summed E-state index contributed by atoms with van der Waals surface area (Å²) >= 11 is 6.22. The summed E-state index contributed by atoms with van der Waals surface area (Å²) in [6.07, 6.45) is 2.33. The molecule has 0 bridgehead atoms. The monoisotopic (exact) mass is 481 g/mol. The van der Waals surface area contributed by atoms with Crippen LogP contribution in [-0.2, 0) is 16.1 Å². The van der Waals surface area contributed by atoms with Crippen LogP contribution >= 0.6 is 11.6 Å². The van der Waals surface area contributed by atoms with Crippen molar-refractivity contribution in [1.29, 1.82) is 0 Å². The van der Waals surface area contributed by atoms with Crippen molar-refractivity contribution < 1.29 is 24.1 Å². The van der Waals surface area contributed by atoms with E-state index in [1.165, 1.54) is 13.0 Å². The van der Waals surface area contributed by atoms with E-state index in [4.69, 9.17) is 31.5 Å². The molecule has 0 aromatic heterocycles. The number of nitrogens with two attached hydrogens (primary N) is 1. The number of anilines is 1. The molecule has 178 valence electrons. The lowest BCUT2D eigenvalue weighted by molar-refractivity contribution is -0.181. The van der Waals surface area contributed by atoms with Crippen molar-refractivity contribution >= 4 is 23.1 Å². The van der Waals surface area contributed by atoms with Gasteiger partial charge in [-0.1, -0.05) is 41.9 Å². The minimum Gasteiger partial charge on any atom is -0.505 e. The Morgan fingerprint density at radius 2 is 1.91 bits per heavy atom. The van der Waals surface area contributed by atoms with Gasteiger partial charge in [0.1, 0.15) is 29.2 Å². The second kappa shape index (κ2) is 10.9. The van der Waals surface area contributed by atoms with E-state index in [1.54, 1.807) is 6.07 Å². The number of phenols is 1. The van der Waals surface area contributed by atoms with Crippen LogP contribution in [0.2, 0.25) is 5.02 Å². The van der Waals surface area contributed by atoms with Crippen LogP contribution in [0.5, 0.6) is 11.5 Å². The summed E-state index contributed by atoms with van der Waals surface area (Å²) in [7, 11) is 0. The van der Waals surface area contributed by atoms with Crippen LogP contribution in [-0.4, -0.2) is 23.8 Å². The van der Waals surface area contributed by atoms with Gasteiger partial charge < -0.3 is 25.1 Å². The van der Waals surface area contributed by atoms with Crippen molar-refractivity contribution in [2.45, 2.75) is 45.2 Å². The van der Waals surface area contributed by atoms with Crippen molar-refractivity contribution in [3.05, 3.63) is 87.9 Å². The van der Waals surface area contributed by atoms with E-state index in [1.807, 2.05) is 48.5 Å². The number of hydrogen-bond acceptors (Lipinski definition) is 6. The van der Waals surface area contributed by atoms with Crippen LogP contribution in [0.3, 0.4) is 0 Å². The molecule has 1 heterocycles. The van der Waals surface area contributed by atoms with Crippen LogP contribution < -0.4 is 10.5 Å². The van der Waals surface area contributed by atoms with Gasteiger partial charge in [-0.3, -0.25) is 4.79 Å². The van der Waals surface area contributed by atoms with Gasteiger partial charge in [-0.25, -0.2) is 0 Å². The number of nitrogen functional groups attached to an aromatic ring is 1. The van der Waals surface area contributed by atoms with E-state index in [2.05, 4.69) is 0 Å². The van der Waals surface area contributed by atoms with Crippen molar-refractivity contribution in [2.24, 2.45) is 0 Å². The van der Waals surface area contributed by atoms with Crippen LogP contribution in [0.25, 0.3) is 0 Å². The van der Waals surface area contributed by atoms with Crippen molar-refractivity contribution in [3.63, 3.8) is 0 Å². The second-order valence-corrected chi connectivity index (χ2v) is 8.72. The normalized spacial score (nSPS) is 16.7. The van der Waals surface area contributed by atoms with E-state index < -0.39 is 0 Å². The maximum absolute atomic E-state index is 11.6. The topological polar surface area (TPSA) is 91.0 Å². The highest BCUT2D eigenvalue weighted by molar-refractivity contribution is 6.34. The summed E-state index contributed by atoms with van der Waals surface area (Å²) in [6, 6.07) is 18.6. The summed E-state index contributed by atoms with van der Waals surface area (Å²) in [5.41, 5.74) is 9.65. The van der Waals surface area contributed by atoms with Gasteiger partial charge in [0.15, 0.2) is 12.1 Å². The second-order valence-electron chi connectivity index (χ2n) is 8.35. The zero-order valence-corrected chi connectivity index (χ0v) is 19.8. The molecule has 7 heteroatoms. The number of halogens is 1. The molecular weight excluding hydrogens is 454 g/mol. The summed E-state index contributed by atoms with van der Waals surface area (Å²) in [5.74, 6) is -0.245. The zero-order valence-electron chi connectivity index (χ0n) is 19.0. The molecule has 1 fully saturated rings. The highest BCUT2D eigenvalue weighted by Gasteiger charge is 2.23. The molecule has 2 unspecified atom stereocenters. The predicted octanol–water partition coefficient (Wildman–Crippen LogP) is 6.04. The van der Waals surface area contributed by atoms with E-state index in [9.17, 15) is 9.90 Å². The smallest absolute Gasteiger partial charge is 0.163 e. The number of hydrogen-bond donors (Lipinski definition) is 2. The maximum atomic E-state index is 11.6. The molecule has 0 radical (unpaired) electrons. The first-order valence-corrected chi connectivity index (χ1v) is 11.7. The Hall–Kier alpha value is -3.06. The number of phenolic OH excluding ortho intramolecular Hbond substituents is 1. The molecule has 2 atom stereocenters. The molecule has 0 saturated carbocycles. The molecular formula is C27H28ClNO5. The van der Waals surface area contributed by atoms with Gasteiger partial charge >= 0.3 is 0 Å². The van der Waals surface area contributed by atoms with Gasteiger partial charge in [-0.15, -0.1) is 0 Å². The van der Waals surface area contributed by atoms with Crippen molar-refractivity contribution in [1.82, 2.24) is 0 Å². The van der Waals surface area contributed by atoms with Gasteiger partial charge in [0.2, 0.25) is 0 Å². The predicted molar refractivity (Wildman–Crippen MR) is 131 cm³/mol. The molecule has 3 aromatic carbocycles. The number of carbonyl (C=O) groups excluding carboxylic acids is 1. The fourth-order valence-corrected chi connectivity index (χ4v) is 4.21. The third-order valence-electron chi connectivity index (χ3n) is 5.75. The molecule has 3 aromatic rings. The first-order chi connectivity index (χ1) is 16.4. The number of Topliss-reactive ketones (excluding diaryl/α,β-unsaturated/α-hetero) is 1. The zero-order chi connectivity index (χ0) is 24.1. The minimum atomic E-state index is -0.353. The summed E-state index contributed by atoms with van der Waals surface area (Å²) in [5, 5.41) is 10.2. The van der Waals surface area contributed by atoms with Gasteiger partial charge in [-0.2, -0.15) is 0 Å². The fourth-order valence-electron chi connectivity index (χ4n) is 3.99. The third kappa shape index (κ3) is 5.70. The molecule has 1 aliphatic heterocycles. The number of rotatable bonds is 8. The minimum absolute atomic E-state index is 0.0132. The van der Waals surface area contributed by atoms with Crippen LogP contribution in [0, 0.1) is 0 Å². The Bertz CT molecular complexity index is 1160. The largest absolute Gasteiger partial charge is 0.505 e. The van der Waals surface area contributed by atoms with Gasteiger partial charge in [0, 0.05) is 12.3 Å². The third-order valence-corrected chi connectivity index (χ3v) is 6.11. The molecule has 3 N–H and O–H groups in total. The summed E-state index contributed by atoms with van der Waals surface area (Å²) < 4.78 is 18.1. The number of carbonyl (C=O) groups is 1. The number of ketones is 1. The number of benzene rings is 3. The first-order valence-electron chi connectivity index (χ1n) is 11.3. The molecule has 0 aliphatic carbocycles. The van der Waals surface area contributed by atoms with Crippen LogP contribution in [0.4, 0.5) is 5.69 Å². The molecule has 0 spiro atoms. The van der Waals surface area contributed by atoms with Crippen molar-refractivity contribution in [2.75, 3.05) is 12.3 Å². The molecule has 1 aliphatic rings. The Balaban J connectivity index is 1.56. The summed E-state index contributed by atoms with van der Waals surface area (Å²) in [6.45, 7) is 2.28. The van der Waals surface area contributed by atoms with Crippen LogP contribution in [0.1, 0.15) is 59.3 Å². The average Bonchev–Trinajstić information content (AvgIpc) is 2.84. The highest BCUT2D eigenvalue weighted by atomic mass is 35.5. The lowest BCUT2D eigenvalue weighted by Gasteiger charge is -2.28. The van der Waals surface area contributed by atoms with E-state index in [0.29, 0.717) is 18.0 Å². The van der Waals surface area contributed by atoms with Gasteiger partial charge in [-0.05, 0) is 73.2 Å². The molecule has 6 nitrogen and oxygen atoms in total. The lowest BCUT2D eigenvalue weighted by atomic mass is 9.99. The van der Waals surface area contributed by atoms with Crippen molar-refractivity contribution in [3.8, 4) is 11.5 Å². The molecule has 1 saturated heterocycles. The van der Waals surface area contributed by atoms with E-state index in [-0.39, 0.29) is 41.1 Å². The SMILES string of the molecule is CC(=O)c1ccc(OCc2cccc(C(OC3CCCCO3)c3cccc(N)c3)c2)c(Cl)c1O. The van der Waals surface area contributed by atoms with E-state index >= 15 is 0 Å². The molecule has 34 heavy (non-hydrogen) atoms.